The number of carbonyl (C=O) groups is 1. The molecule has 0 spiro atoms. The van der Waals surface area contributed by atoms with Gasteiger partial charge in [-0.1, -0.05) is 19.8 Å². The molecule has 0 saturated carbocycles. The number of nitrogens with two attached hydrogens (primary N) is 1. The largest absolute Gasteiger partial charge is 0.343 e. The van der Waals surface area contributed by atoms with E-state index in [0.29, 0.717) is 6.42 Å². The van der Waals surface area contributed by atoms with E-state index in [1.165, 1.54) is 12.8 Å². The van der Waals surface area contributed by atoms with E-state index in [0.717, 1.165) is 32.4 Å². The van der Waals surface area contributed by atoms with Crippen molar-refractivity contribution >= 4 is 5.91 Å². The Morgan fingerprint density at radius 2 is 1.86 bits per heavy atom. The molecule has 1 aliphatic rings. The molecule has 1 atom stereocenters. The molecular formula is C11H22N2O. The van der Waals surface area contributed by atoms with Crippen LogP contribution in [0.1, 0.15) is 45.4 Å². The Kier molecular flexibility index (Phi) is 4.94. The molecule has 1 heterocycles. The van der Waals surface area contributed by atoms with Crippen LogP contribution in [0.15, 0.2) is 0 Å². The van der Waals surface area contributed by atoms with E-state index in [1.54, 1.807) is 0 Å². The van der Waals surface area contributed by atoms with Crippen LogP contribution in [0, 0.1) is 0 Å². The van der Waals surface area contributed by atoms with Crippen molar-refractivity contribution in [1.82, 2.24) is 4.90 Å². The highest BCUT2D eigenvalue weighted by Gasteiger charge is 2.16. The summed E-state index contributed by atoms with van der Waals surface area (Å²) in [4.78, 5) is 13.8. The molecule has 1 fully saturated rings. The van der Waals surface area contributed by atoms with Crippen molar-refractivity contribution in [2.75, 3.05) is 13.1 Å². The third kappa shape index (κ3) is 3.66. The van der Waals surface area contributed by atoms with Gasteiger partial charge in [-0.3, -0.25) is 4.79 Å². The second kappa shape index (κ2) is 6.02. The van der Waals surface area contributed by atoms with Gasteiger partial charge in [0.05, 0.1) is 0 Å². The zero-order valence-electron chi connectivity index (χ0n) is 9.17. The van der Waals surface area contributed by atoms with Crippen LogP contribution in [0.2, 0.25) is 0 Å². The van der Waals surface area contributed by atoms with Crippen LogP contribution in [-0.2, 0) is 4.79 Å². The Morgan fingerprint density at radius 3 is 2.36 bits per heavy atom. The van der Waals surface area contributed by atoms with Crippen molar-refractivity contribution in [3.05, 3.63) is 0 Å². The summed E-state index contributed by atoms with van der Waals surface area (Å²) in [6.45, 7) is 3.91. The summed E-state index contributed by atoms with van der Waals surface area (Å²) in [5, 5.41) is 0. The quantitative estimate of drug-likeness (QED) is 0.747. The van der Waals surface area contributed by atoms with Gasteiger partial charge in [0, 0.05) is 25.6 Å². The van der Waals surface area contributed by atoms with Crippen molar-refractivity contribution in [1.29, 1.82) is 0 Å². The Hall–Kier alpha value is -0.570. The third-order valence-corrected chi connectivity index (χ3v) is 2.92. The van der Waals surface area contributed by atoms with Crippen molar-refractivity contribution in [3.8, 4) is 0 Å². The summed E-state index contributed by atoms with van der Waals surface area (Å²) in [6, 6.07) is 0.0470. The number of amides is 1. The predicted molar refractivity (Wildman–Crippen MR) is 57.9 cm³/mol. The Labute approximate surface area is 86.6 Å². The van der Waals surface area contributed by atoms with E-state index in [4.69, 9.17) is 5.73 Å². The molecule has 1 aliphatic heterocycles. The van der Waals surface area contributed by atoms with Gasteiger partial charge in [-0.05, 0) is 19.3 Å². The predicted octanol–water partition coefficient (Wildman–Crippen LogP) is 1.52. The van der Waals surface area contributed by atoms with Gasteiger partial charge in [0.2, 0.25) is 5.91 Å². The maximum Gasteiger partial charge on any atom is 0.224 e. The maximum atomic E-state index is 11.8. The number of carbonyl (C=O) groups excluding carboxylic acids is 1. The molecular weight excluding hydrogens is 176 g/mol. The normalized spacial score (nSPS) is 20.3. The molecule has 2 N–H and O–H groups in total. The molecule has 82 valence electrons. The molecule has 1 amide bonds. The van der Waals surface area contributed by atoms with Crippen LogP contribution in [-0.4, -0.2) is 29.9 Å². The minimum atomic E-state index is 0.0470. The van der Waals surface area contributed by atoms with Crippen molar-refractivity contribution in [3.63, 3.8) is 0 Å². The highest BCUT2D eigenvalue weighted by molar-refractivity contribution is 5.76. The van der Waals surface area contributed by atoms with Gasteiger partial charge in [0.1, 0.15) is 0 Å². The smallest absolute Gasteiger partial charge is 0.224 e. The molecule has 1 saturated heterocycles. The van der Waals surface area contributed by atoms with Gasteiger partial charge in [-0.25, -0.2) is 0 Å². The number of hydrogen-bond acceptors (Lipinski definition) is 2. The summed E-state index contributed by atoms with van der Waals surface area (Å²) in [7, 11) is 0. The van der Waals surface area contributed by atoms with Crippen molar-refractivity contribution in [2.24, 2.45) is 5.73 Å². The van der Waals surface area contributed by atoms with Gasteiger partial charge in [0.25, 0.3) is 0 Å². The molecule has 0 aliphatic carbocycles. The lowest BCUT2D eigenvalue weighted by Crippen LogP contribution is -2.36. The molecule has 0 aromatic rings. The van der Waals surface area contributed by atoms with Crippen LogP contribution in [0.25, 0.3) is 0 Å². The highest BCUT2D eigenvalue weighted by Crippen LogP contribution is 2.11. The van der Waals surface area contributed by atoms with Crippen LogP contribution in [0.5, 0.6) is 0 Å². The molecule has 0 aromatic carbocycles. The first-order valence-corrected chi connectivity index (χ1v) is 5.77. The zero-order chi connectivity index (χ0) is 10.4. The summed E-state index contributed by atoms with van der Waals surface area (Å²) in [5.41, 5.74) is 5.77. The summed E-state index contributed by atoms with van der Waals surface area (Å²) >= 11 is 0. The average Bonchev–Trinajstić information content (AvgIpc) is 2.45. The van der Waals surface area contributed by atoms with Crippen LogP contribution >= 0.6 is 0 Å². The Morgan fingerprint density at radius 1 is 1.29 bits per heavy atom. The Balaban J connectivity index is 2.34. The van der Waals surface area contributed by atoms with Crippen LogP contribution < -0.4 is 5.73 Å². The first kappa shape index (κ1) is 11.5. The summed E-state index contributed by atoms with van der Waals surface area (Å²) in [6.07, 6.45) is 6.27. The molecule has 0 radical (unpaired) electrons. The summed E-state index contributed by atoms with van der Waals surface area (Å²) < 4.78 is 0. The van der Waals surface area contributed by atoms with E-state index in [9.17, 15) is 4.79 Å². The topological polar surface area (TPSA) is 46.3 Å². The van der Waals surface area contributed by atoms with E-state index in [-0.39, 0.29) is 11.9 Å². The van der Waals surface area contributed by atoms with Crippen molar-refractivity contribution in [2.45, 2.75) is 51.5 Å². The monoisotopic (exact) mass is 198 g/mol. The van der Waals surface area contributed by atoms with Gasteiger partial charge in [-0.15, -0.1) is 0 Å². The second-order valence-electron chi connectivity index (χ2n) is 4.17. The summed E-state index contributed by atoms with van der Waals surface area (Å²) in [5.74, 6) is 0.251. The van der Waals surface area contributed by atoms with E-state index < -0.39 is 0 Å². The van der Waals surface area contributed by atoms with Gasteiger partial charge < -0.3 is 10.6 Å². The lowest BCUT2D eigenvalue weighted by Gasteiger charge is -2.21. The molecule has 1 rings (SSSR count). The van der Waals surface area contributed by atoms with Gasteiger partial charge in [-0.2, -0.15) is 0 Å². The van der Waals surface area contributed by atoms with Gasteiger partial charge in [0.15, 0.2) is 0 Å². The lowest BCUT2D eigenvalue weighted by atomic mass is 10.1. The van der Waals surface area contributed by atoms with E-state index in [2.05, 4.69) is 0 Å². The SMILES string of the molecule is CCC(N)CC(=O)N1CCCCCC1. The Bertz CT molecular complexity index is 174. The first-order chi connectivity index (χ1) is 6.74. The zero-order valence-corrected chi connectivity index (χ0v) is 9.17. The van der Waals surface area contributed by atoms with E-state index >= 15 is 0 Å². The molecule has 3 nitrogen and oxygen atoms in total. The fourth-order valence-electron chi connectivity index (χ4n) is 1.82. The maximum absolute atomic E-state index is 11.8. The molecule has 3 heteroatoms. The third-order valence-electron chi connectivity index (χ3n) is 2.92. The lowest BCUT2D eigenvalue weighted by molar-refractivity contribution is -0.131. The average molecular weight is 198 g/mol. The molecule has 14 heavy (non-hydrogen) atoms. The van der Waals surface area contributed by atoms with Crippen molar-refractivity contribution < 1.29 is 4.79 Å². The number of hydrogen-bond donors (Lipinski definition) is 1. The minimum absolute atomic E-state index is 0.0470. The molecule has 0 aromatic heterocycles. The fraction of sp³-hybridized carbons (Fsp3) is 0.909. The second-order valence-corrected chi connectivity index (χ2v) is 4.17. The number of likely N-dealkylation sites (tertiary alicyclic amines) is 1. The molecule has 1 unspecified atom stereocenters. The fourth-order valence-corrected chi connectivity index (χ4v) is 1.82. The minimum Gasteiger partial charge on any atom is -0.343 e. The first-order valence-electron chi connectivity index (χ1n) is 5.77. The number of rotatable bonds is 3. The standard InChI is InChI=1S/C11H22N2O/c1-2-10(12)9-11(14)13-7-5-3-4-6-8-13/h10H,2-9,12H2,1H3. The van der Waals surface area contributed by atoms with Crippen LogP contribution in [0.4, 0.5) is 0 Å². The number of nitrogens with zero attached hydrogens (tertiary/aromatic N) is 1. The van der Waals surface area contributed by atoms with E-state index in [1.807, 2.05) is 11.8 Å². The highest BCUT2D eigenvalue weighted by atomic mass is 16.2. The molecule has 0 bridgehead atoms. The van der Waals surface area contributed by atoms with Gasteiger partial charge >= 0.3 is 0 Å². The van der Waals surface area contributed by atoms with Crippen LogP contribution in [0.3, 0.4) is 0 Å².